The van der Waals surface area contributed by atoms with Crippen LogP contribution >= 0.6 is 0 Å². The maximum absolute atomic E-state index is 6.96. The Morgan fingerprint density at radius 3 is 1.96 bits per heavy atom. The lowest BCUT2D eigenvalue weighted by Crippen LogP contribution is -2.53. The molecule has 1 aliphatic rings. The van der Waals surface area contributed by atoms with Gasteiger partial charge in [0.05, 0.1) is 0 Å². The predicted octanol–water partition coefficient (Wildman–Crippen LogP) is 3.86. The third-order valence-electron chi connectivity index (χ3n) is 5.55. The summed E-state index contributed by atoms with van der Waals surface area (Å²) in [5.41, 5.74) is 10.1. The van der Waals surface area contributed by atoms with Crippen LogP contribution in [0.15, 0.2) is 78.9 Å². The Morgan fingerprint density at radius 2 is 1.43 bits per heavy atom. The van der Waals surface area contributed by atoms with Crippen LogP contribution in [0.5, 0.6) is 0 Å². The molecule has 1 atom stereocenters. The van der Waals surface area contributed by atoms with E-state index >= 15 is 0 Å². The Bertz CT molecular complexity index is 910. The van der Waals surface area contributed by atoms with Gasteiger partial charge < -0.3 is 10.2 Å². The van der Waals surface area contributed by atoms with Crippen molar-refractivity contribution >= 4 is 19.4 Å². The van der Waals surface area contributed by atoms with Gasteiger partial charge in [-0.3, -0.25) is 0 Å². The second-order valence-electron chi connectivity index (χ2n) is 8.67. The highest BCUT2D eigenvalue weighted by molar-refractivity contribution is 6.80. The van der Waals surface area contributed by atoms with E-state index in [2.05, 4.69) is 87.5 Å². The number of aryl methyl sites for hydroxylation is 1. The minimum Gasteiger partial charge on any atom is -0.386 e. The quantitative estimate of drug-likeness (QED) is 0.546. The standard InChI is InChI=1S/C25H28NOSi/c1-24(2,3)20-15-14-19-16-17-25(26,23(19)18-20)27-28(21-10-6-4-7-11-21)22-12-8-5-9-13-22/h4-15,18H,16-17,26H2,1-3H3. The van der Waals surface area contributed by atoms with Gasteiger partial charge in [0.15, 0.2) is 0 Å². The van der Waals surface area contributed by atoms with Gasteiger partial charge in [-0.05, 0) is 39.8 Å². The van der Waals surface area contributed by atoms with Crippen molar-refractivity contribution in [1.82, 2.24) is 0 Å². The lowest BCUT2D eigenvalue weighted by molar-refractivity contribution is 0.0784. The van der Waals surface area contributed by atoms with E-state index < -0.39 is 14.8 Å². The molecule has 2 nitrogen and oxygen atoms in total. The van der Waals surface area contributed by atoms with Crippen LogP contribution in [0.4, 0.5) is 0 Å². The molecule has 28 heavy (non-hydrogen) atoms. The van der Waals surface area contributed by atoms with Crippen molar-refractivity contribution in [2.24, 2.45) is 5.73 Å². The number of nitrogens with two attached hydrogens (primary N) is 1. The number of benzene rings is 3. The Labute approximate surface area is 170 Å². The van der Waals surface area contributed by atoms with E-state index in [0.717, 1.165) is 18.4 Å². The van der Waals surface area contributed by atoms with Crippen LogP contribution in [-0.2, 0) is 22.0 Å². The molecule has 0 spiro atoms. The van der Waals surface area contributed by atoms with Crippen molar-refractivity contribution in [2.75, 3.05) is 0 Å². The SMILES string of the molecule is CC(C)(C)c1ccc2c(c1)C(N)(O[Si](c1ccccc1)c1ccccc1)CC2. The molecule has 0 fully saturated rings. The van der Waals surface area contributed by atoms with Gasteiger partial charge in [0.1, 0.15) is 5.72 Å². The Balaban J connectivity index is 1.75. The van der Waals surface area contributed by atoms with E-state index in [1.54, 1.807) is 0 Å². The second-order valence-corrected chi connectivity index (χ2v) is 10.7. The first-order valence-corrected chi connectivity index (χ1v) is 11.4. The highest BCUT2D eigenvalue weighted by atomic mass is 28.3. The van der Waals surface area contributed by atoms with Crippen molar-refractivity contribution in [1.29, 1.82) is 0 Å². The molecule has 4 rings (SSSR count). The lowest BCUT2D eigenvalue weighted by Gasteiger charge is -2.32. The van der Waals surface area contributed by atoms with Crippen LogP contribution in [0.3, 0.4) is 0 Å². The smallest absolute Gasteiger partial charge is 0.285 e. The number of hydrogen-bond donors (Lipinski definition) is 1. The van der Waals surface area contributed by atoms with E-state index in [1.165, 1.54) is 21.5 Å². The van der Waals surface area contributed by atoms with Gasteiger partial charge in [0.2, 0.25) is 0 Å². The monoisotopic (exact) mass is 386 g/mol. The zero-order valence-electron chi connectivity index (χ0n) is 16.9. The summed E-state index contributed by atoms with van der Waals surface area (Å²) in [5, 5.41) is 2.45. The molecule has 3 aromatic carbocycles. The molecule has 0 heterocycles. The van der Waals surface area contributed by atoms with Crippen LogP contribution in [0.25, 0.3) is 0 Å². The van der Waals surface area contributed by atoms with Crippen LogP contribution in [0.2, 0.25) is 0 Å². The molecular formula is C25H28NOSi. The molecule has 0 saturated carbocycles. The zero-order valence-corrected chi connectivity index (χ0v) is 17.9. The molecule has 3 heteroatoms. The minimum absolute atomic E-state index is 0.0885. The van der Waals surface area contributed by atoms with Gasteiger partial charge in [0.25, 0.3) is 9.04 Å². The number of rotatable bonds is 4. The van der Waals surface area contributed by atoms with Crippen LogP contribution < -0.4 is 16.1 Å². The fourth-order valence-corrected chi connectivity index (χ4v) is 6.00. The van der Waals surface area contributed by atoms with Crippen LogP contribution in [0.1, 0.15) is 43.9 Å². The van der Waals surface area contributed by atoms with Crippen molar-refractivity contribution in [3.05, 3.63) is 95.6 Å². The molecule has 0 saturated heterocycles. The van der Waals surface area contributed by atoms with Gasteiger partial charge >= 0.3 is 0 Å². The Kier molecular flexibility index (Phi) is 5.00. The highest BCUT2D eigenvalue weighted by Gasteiger charge is 2.40. The summed E-state index contributed by atoms with van der Waals surface area (Å²) in [5.74, 6) is 0. The summed E-state index contributed by atoms with van der Waals surface area (Å²) in [6.07, 6.45) is 1.79. The summed E-state index contributed by atoms with van der Waals surface area (Å²) in [4.78, 5) is 0. The largest absolute Gasteiger partial charge is 0.386 e. The normalized spacial score (nSPS) is 19.0. The molecule has 0 amide bonds. The van der Waals surface area contributed by atoms with E-state index in [4.69, 9.17) is 10.2 Å². The molecule has 0 aliphatic heterocycles. The maximum Gasteiger partial charge on any atom is 0.285 e. The van der Waals surface area contributed by atoms with Crippen molar-refractivity contribution in [2.45, 2.75) is 44.8 Å². The fourth-order valence-electron chi connectivity index (χ4n) is 3.86. The van der Waals surface area contributed by atoms with Gasteiger partial charge in [-0.25, -0.2) is 0 Å². The van der Waals surface area contributed by atoms with Gasteiger partial charge in [-0.15, -0.1) is 0 Å². The minimum atomic E-state index is -1.45. The average Bonchev–Trinajstić information content (AvgIpc) is 3.03. The molecule has 1 unspecified atom stereocenters. The van der Waals surface area contributed by atoms with E-state index in [-0.39, 0.29) is 5.41 Å². The molecule has 1 aliphatic carbocycles. The van der Waals surface area contributed by atoms with Crippen molar-refractivity contribution in [3.8, 4) is 0 Å². The topological polar surface area (TPSA) is 35.2 Å². The number of fused-ring (bicyclic) bond motifs is 1. The van der Waals surface area contributed by atoms with Gasteiger partial charge in [0, 0.05) is 5.56 Å². The molecule has 3 aromatic rings. The summed E-state index contributed by atoms with van der Waals surface area (Å²) < 4.78 is 6.84. The Morgan fingerprint density at radius 1 is 0.857 bits per heavy atom. The molecular weight excluding hydrogens is 358 g/mol. The van der Waals surface area contributed by atoms with E-state index in [9.17, 15) is 0 Å². The molecule has 0 bridgehead atoms. The molecule has 0 aromatic heterocycles. The first-order valence-electron chi connectivity index (χ1n) is 9.96. The van der Waals surface area contributed by atoms with E-state index in [1.807, 2.05) is 12.1 Å². The third-order valence-corrected chi connectivity index (χ3v) is 7.84. The Hall–Kier alpha value is -2.20. The summed E-state index contributed by atoms with van der Waals surface area (Å²) in [6, 6.07) is 27.8. The second kappa shape index (κ2) is 7.32. The first kappa shape index (κ1) is 19.1. The lowest BCUT2D eigenvalue weighted by atomic mass is 9.85. The van der Waals surface area contributed by atoms with Crippen molar-refractivity contribution in [3.63, 3.8) is 0 Å². The first-order chi connectivity index (χ1) is 13.4. The van der Waals surface area contributed by atoms with Gasteiger partial charge in [-0.1, -0.05) is 99.6 Å². The van der Waals surface area contributed by atoms with Gasteiger partial charge in [-0.2, -0.15) is 0 Å². The van der Waals surface area contributed by atoms with Crippen LogP contribution in [0, 0.1) is 0 Å². The van der Waals surface area contributed by atoms with Crippen molar-refractivity contribution < 1.29 is 4.43 Å². The van der Waals surface area contributed by atoms with E-state index in [0.29, 0.717) is 0 Å². The maximum atomic E-state index is 6.96. The third kappa shape index (κ3) is 3.70. The summed E-state index contributed by atoms with van der Waals surface area (Å²) in [7, 11) is -1.45. The van der Waals surface area contributed by atoms with Crippen LogP contribution in [-0.4, -0.2) is 9.04 Å². The molecule has 2 N–H and O–H groups in total. The fraction of sp³-hybridized carbons (Fsp3) is 0.280. The number of hydrogen-bond acceptors (Lipinski definition) is 2. The summed E-state index contributed by atoms with van der Waals surface area (Å²) in [6.45, 7) is 6.73. The predicted molar refractivity (Wildman–Crippen MR) is 118 cm³/mol. The zero-order chi connectivity index (χ0) is 19.8. The highest BCUT2D eigenvalue weighted by Crippen LogP contribution is 2.38. The summed E-state index contributed by atoms with van der Waals surface area (Å²) >= 11 is 0. The molecule has 1 radical (unpaired) electrons. The molecule has 143 valence electrons. The average molecular weight is 387 g/mol.